The highest BCUT2D eigenvalue weighted by molar-refractivity contribution is 7.99. The van der Waals surface area contributed by atoms with Gasteiger partial charge >= 0.3 is 5.56 Å². The molecule has 1 N–H and O–H groups in total. The van der Waals surface area contributed by atoms with Crippen molar-refractivity contribution < 1.29 is 13.9 Å². The number of hydrogen-bond donors (Lipinski definition) is 1. The number of nitrogens with one attached hydrogen (secondary N) is 1. The van der Waals surface area contributed by atoms with Crippen LogP contribution in [-0.2, 0) is 4.79 Å². The fourth-order valence-corrected chi connectivity index (χ4v) is 4.86. The van der Waals surface area contributed by atoms with Crippen molar-refractivity contribution >= 4 is 45.4 Å². The molecule has 3 aromatic carbocycles. The molecular weight excluding hydrogens is 462 g/mol. The van der Waals surface area contributed by atoms with E-state index in [1.165, 1.54) is 16.3 Å². The number of fused-ring (bicyclic) bond motifs is 3. The summed E-state index contributed by atoms with van der Waals surface area (Å²) in [5.74, 6) is 0.561. The van der Waals surface area contributed by atoms with Crippen LogP contribution in [0.25, 0.3) is 27.8 Å². The SMILES string of the molecule is COc1ccc(-n2c(SCC(=O)Nc3cc(C)cc(C)c3)nc3c(oc4ccccc43)c2=O)cc1. The number of aryl methyl sites for hydroxylation is 2. The predicted molar refractivity (Wildman–Crippen MR) is 139 cm³/mol. The summed E-state index contributed by atoms with van der Waals surface area (Å²) < 4.78 is 12.6. The van der Waals surface area contributed by atoms with Crippen LogP contribution in [0.4, 0.5) is 5.69 Å². The highest BCUT2D eigenvalue weighted by Gasteiger charge is 2.20. The van der Waals surface area contributed by atoms with Gasteiger partial charge in [0.25, 0.3) is 0 Å². The van der Waals surface area contributed by atoms with Crippen molar-refractivity contribution in [1.82, 2.24) is 9.55 Å². The number of thioether (sulfide) groups is 1. The molecule has 0 aliphatic heterocycles. The minimum Gasteiger partial charge on any atom is -0.497 e. The second kappa shape index (κ2) is 9.31. The minimum absolute atomic E-state index is 0.0802. The van der Waals surface area contributed by atoms with E-state index in [0.717, 1.165) is 22.2 Å². The van der Waals surface area contributed by atoms with Gasteiger partial charge in [-0.3, -0.25) is 14.2 Å². The number of carbonyl (C=O) groups excluding carboxylic acids is 1. The van der Waals surface area contributed by atoms with Gasteiger partial charge in [-0.1, -0.05) is 30.0 Å². The average Bonchev–Trinajstić information content (AvgIpc) is 3.21. The van der Waals surface area contributed by atoms with Crippen LogP contribution in [0.15, 0.2) is 81.1 Å². The highest BCUT2D eigenvalue weighted by atomic mass is 32.2. The molecule has 5 aromatic rings. The van der Waals surface area contributed by atoms with E-state index < -0.39 is 0 Å². The molecule has 0 radical (unpaired) electrons. The zero-order valence-corrected chi connectivity index (χ0v) is 20.3. The third-order valence-corrected chi connectivity index (χ3v) is 6.47. The van der Waals surface area contributed by atoms with Gasteiger partial charge in [-0.15, -0.1) is 0 Å². The van der Waals surface area contributed by atoms with Crippen molar-refractivity contribution in [2.45, 2.75) is 19.0 Å². The zero-order valence-electron chi connectivity index (χ0n) is 19.5. The van der Waals surface area contributed by atoms with Gasteiger partial charge in [0, 0.05) is 11.1 Å². The lowest BCUT2D eigenvalue weighted by atomic mass is 10.1. The zero-order chi connectivity index (χ0) is 24.5. The van der Waals surface area contributed by atoms with E-state index in [2.05, 4.69) is 5.32 Å². The molecule has 0 atom stereocenters. The maximum atomic E-state index is 13.6. The summed E-state index contributed by atoms with van der Waals surface area (Å²) in [4.78, 5) is 31.1. The second-order valence-corrected chi connectivity index (χ2v) is 9.16. The molecule has 35 heavy (non-hydrogen) atoms. The number of carbonyl (C=O) groups is 1. The van der Waals surface area contributed by atoms with Crippen molar-refractivity contribution in [2.75, 3.05) is 18.2 Å². The Labute approximate surface area is 205 Å². The van der Waals surface area contributed by atoms with E-state index in [0.29, 0.717) is 27.7 Å². The first kappa shape index (κ1) is 22.7. The van der Waals surface area contributed by atoms with E-state index in [1.54, 1.807) is 37.4 Å². The fourth-order valence-electron chi connectivity index (χ4n) is 4.05. The summed E-state index contributed by atoms with van der Waals surface area (Å²) in [5, 5.41) is 4.09. The third-order valence-electron chi connectivity index (χ3n) is 5.53. The van der Waals surface area contributed by atoms with Crippen molar-refractivity contribution in [3.05, 3.63) is 88.2 Å². The monoisotopic (exact) mass is 485 g/mol. The molecule has 8 heteroatoms. The maximum absolute atomic E-state index is 13.6. The number of hydrogen-bond acceptors (Lipinski definition) is 6. The van der Waals surface area contributed by atoms with Gasteiger partial charge in [0.2, 0.25) is 11.5 Å². The summed E-state index contributed by atoms with van der Waals surface area (Å²) in [6, 6.07) is 20.4. The largest absolute Gasteiger partial charge is 0.497 e. The van der Waals surface area contributed by atoms with E-state index in [-0.39, 0.29) is 22.8 Å². The smallest absolute Gasteiger partial charge is 0.302 e. The summed E-state index contributed by atoms with van der Waals surface area (Å²) in [6.07, 6.45) is 0. The Morgan fingerprint density at radius 1 is 1.06 bits per heavy atom. The van der Waals surface area contributed by atoms with Crippen molar-refractivity contribution in [3.63, 3.8) is 0 Å². The number of benzene rings is 3. The van der Waals surface area contributed by atoms with Crippen molar-refractivity contribution in [3.8, 4) is 11.4 Å². The Bertz CT molecular complexity index is 1600. The number of nitrogens with zero attached hydrogens (tertiary/aromatic N) is 2. The summed E-state index contributed by atoms with van der Waals surface area (Å²) in [7, 11) is 1.58. The quantitative estimate of drug-likeness (QED) is 0.253. The van der Waals surface area contributed by atoms with Crippen LogP contribution in [0.5, 0.6) is 5.75 Å². The maximum Gasteiger partial charge on any atom is 0.302 e. The number of rotatable bonds is 6. The molecule has 0 saturated carbocycles. The topological polar surface area (TPSA) is 86.4 Å². The molecular formula is C27H23N3O4S. The number of furan rings is 1. The molecule has 2 heterocycles. The lowest BCUT2D eigenvalue weighted by molar-refractivity contribution is -0.113. The Balaban J connectivity index is 1.54. The molecule has 0 fully saturated rings. The molecule has 7 nitrogen and oxygen atoms in total. The lowest BCUT2D eigenvalue weighted by Crippen LogP contribution is -2.22. The highest BCUT2D eigenvalue weighted by Crippen LogP contribution is 2.29. The van der Waals surface area contributed by atoms with Gasteiger partial charge in [0.1, 0.15) is 16.8 Å². The van der Waals surface area contributed by atoms with Crippen LogP contribution in [0.2, 0.25) is 0 Å². The van der Waals surface area contributed by atoms with Crippen LogP contribution >= 0.6 is 11.8 Å². The Hall–Kier alpha value is -4.04. The fraction of sp³-hybridized carbons (Fsp3) is 0.148. The second-order valence-electron chi connectivity index (χ2n) is 8.22. The normalized spacial score (nSPS) is 11.2. The van der Waals surface area contributed by atoms with Gasteiger partial charge in [0.05, 0.1) is 18.6 Å². The van der Waals surface area contributed by atoms with Gasteiger partial charge < -0.3 is 14.5 Å². The van der Waals surface area contributed by atoms with Crippen LogP contribution in [-0.4, -0.2) is 28.3 Å². The first-order chi connectivity index (χ1) is 16.9. The Kier molecular flexibility index (Phi) is 6.05. The molecule has 0 aliphatic rings. The Morgan fingerprint density at radius 3 is 2.49 bits per heavy atom. The van der Waals surface area contributed by atoms with Gasteiger partial charge in [0.15, 0.2) is 5.16 Å². The van der Waals surface area contributed by atoms with Crippen LogP contribution in [0, 0.1) is 13.8 Å². The summed E-state index contributed by atoms with van der Waals surface area (Å²) in [6.45, 7) is 3.97. The number of anilines is 1. The standard InChI is InChI=1S/C27H23N3O4S/c1-16-12-17(2)14-18(13-16)28-23(31)15-35-27-29-24-21-6-4-5-7-22(21)34-25(24)26(32)30(27)19-8-10-20(33-3)11-9-19/h4-14H,15H2,1-3H3,(H,28,31). The van der Waals surface area contributed by atoms with E-state index in [9.17, 15) is 9.59 Å². The molecule has 0 aliphatic carbocycles. The van der Waals surface area contributed by atoms with Gasteiger partial charge in [-0.25, -0.2) is 4.98 Å². The average molecular weight is 486 g/mol. The molecule has 0 saturated heterocycles. The molecule has 1 amide bonds. The molecule has 176 valence electrons. The first-order valence-corrected chi connectivity index (χ1v) is 12.0. The molecule has 5 rings (SSSR count). The van der Waals surface area contributed by atoms with Crippen molar-refractivity contribution in [2.24, 2.45) is 0 Å². The third kappa shape index (κ3) is 4.52. The number of ether oxygens (including phenoxy) is 1. The van der Waals surface area contributed by atoms with Crippen LogP contribution in [0.1, 0.15) is 11.1 Å². The molecule has 0 unspecified atom stereocenters. The Morgan fingerprint density at radius 2 is 1.77 bits per heavy atom. The van der Waals surface area contributed by atoms with E-state index in [4.69, 9.17) is 14.1 Å². The number of aromatic nitrogens is 2. The number of methoxy groups -OCH3 is 1. The summed E-state index contributed by atoms with van der Waals surface area (Å²) in [5.41, 5.74) is 4.38. The number of para-hydroxylation sites is 1. The van der Waals surface area contributed by atoms with Gasteiger partial charge in [-0.2, -0.15) is 0 Å². The first-order valence-electron chi connectivity index (χ1n) is 11.0. The lowest BCUT2D eigenvalue weighted by Gasteiger charge is -2.12. The van der Waals surface area contributed by atoms with Crippen LogP contribution < -0.4 is 15.6 Å². The molecule has 2 aromatic heterocycles. The number of amides is 1. The van der Waals surface area contributed by atoms with E-state index in [1.807, 2.05) is 50.2 Å². The molecule has 0 bridgehead atoms. The minimum atomic E-state index is -0.339. The van der Waals surface area contributed by atoms with Crippen LogP contribution in [0.3, 0.4) is 0 Å². The van der Waals surface area contributed by atoms with Gasteiger partial charge in [-0.05, 0) is 73.5 Å². The molecule has 0 spiro atoms. The van der Waals surface area contributed by atoms with E-state index >= 15 is 0 Å². The predicted octanol–water partition coefficient (Wildman–Crippen LogP) is 5.49. The summed E-state index contributed by atoms with van der Waals surface area (Å²) >= 11 is 1.20. The van der Waals surface area contributed by atoms with Crippen molar-refractivity contribution in [1.29, 1.82) is 0 Å².